The summed E-state index contributed by atoms with van der Waals surface area (Å²) in [4.78, 5) is 13.8. The van der Waals surface area contributed by atoms with Crippen molar-refractivity contribution in [3.8, 4) is 5.75 Å². The minimum absolute atomic E-state index is 0.0151. The summed E-state index contributed by atoms with van der Waals surface area (Å²) < 4.78 is 43.7. The Bertz CT molecular complexity index is 781. The molecular weight excluding hydrogens is 369 g/mol. The molecule has 4 nitrogen and oxygen atoms in total. The van der Waals surface area contributed by atoms with E-state index in [1.165, 1.54) is 6.07 Å². The summed E-state index contributed by atoms with van der Waals surface area (Å²) in [6, 6.07) is 10.7. The minimum atomic E-state index is -4.58. The summed E-state index contributed by atoms with van der Waals surface area (Å²) in [5.41, 5.74) is 0.00806. The van der Waals surface area contributed by atoms with Crippen LogP contribution in [0.2, 0.25) is 5.02 Å². The Morgan fingerprint density at radius 1 is 1.23 bits per heavy atom. The van der Waals surface area contributed by atoms with Gasteiger partial charge in [-0.3, -0.25) is 9.69 Å². The summed E-state index contributed by atoms with van der Waals surface area (Å²) in [6.07, 6.45) is -4.58. The summed E-state index contributed by atoms with van der Waals surface area (Å²) in [7, 11) is 3.31. The van der Waals surface area contributed by atoms with E-state index in [2.05, 4.69) is 5.32 Å². The highest BCUT2D eigenvalue weighted by atomic mass is 35.5. The molecule has 0 aromatic heterocycles. The van der Waals surface area contributed by atoms with Crippen LogP contribution in [0.4, 0.5) is 18.9 Å². The molecule has 1 amide bonds. The first kappa shape index (κ1) is 20.1. The molecule has 0 aliphatic carbocycles. The van der Waals surface area contributed by atoms with Crippen LogP contribution in [0, 0.1) is 0 Å². The Hall–Kier alpha value is -2.25. The van der Waals surface area contributed by atoms with E-state index < -0.39 is 22.7 Å². The number of anilines is 1. The van der Waals surface area contributed by atoms with Gasteiger partial charge in [0, 0.05) is 12.2 Å². The molecule has 8 heteroatoms. The molecule has 1 N–H and O–H groups in total. The van der Waals surface area contributed by atoms with Crippen LogP contribution in [0.25, 0.3) is 0 Å². The molecule has 0 atom stereocenters. The fourth-order valence-electron chi connectivity index (χ4n) is 2.40. The van der Waals surface area contributed by atoms with Gasteiger partial charge >= 0.3 is 6.18 Å². The second-order valence-electron chi connectivity index (χ2n) is 5.76. The quantitative estimate of drug-likeness (QED) is 0.798. The molecule has 2 rings (SSSR count). The number of alkyl halides is 3. The average molecular weight is 387 g/mol. The van der Waals surface area contributed by atoms with Gasteiger partial charge in [-0.05, 0) is 42.9 Å². The maximum absolute atomic E-state index is 12.9. The van der Waals surface area contributed by atoms with Gasteiger partial charge in [0.05, 0.1) is 24.2 Å². The SMILES string of the molecule is COc1cccc(CN(C)CC(=O)Nc2ccc(Cl)c(C(F)(F)F)c2)c1. The van der Waals surface area contributed by atoms with Gasteiger partial charge in [-0.15, -0.1) is 0 Å². The van der Waals surface area contributed by atoms with E-state index in [0.717, 1.165) is 17.7 Å². The Morgan fingerprint density at radius 3 is 2.62 bits per heavy atom. The smallest absolute Gasteiger partial charge is 0.417 e. The van der Waals surface area contributed by atoms with E-state index in [0.29, 0.717) is 12.3 Å². The van der Waals surface area contributed by atoms with E-state index in [9.17, 15) is 18.0 Å². The van der Waals surface area contributed by atoms with Crippen molar-refractivity contribution in [2.24, 2.45) is 0 Å². The lowest BCUT2D eigenvalue weighted by Gasteiger charge is -2.17. The lowest BCUT2D eigenvalue weighted by Crippen LogP contribution is -2.29. The van der Waals surface area contributed by atoms with Crippen molar-refractivity contribution in [3.63, 3.8) is 0 Å². The van der Waals surface area contributed by atoms with Crippen LogP contribution < -0.4 is 10.1 Å². The van der Waals surface area contributed by atoms with Crippen LogP contribution in [-0.4, -0.2) is 31.5 Å². The summed E-state index contributed by atoms with van der Waals surface area (Å²) in [5.74, 6) is 0.284. The molecule has 0 saturated heterocycles. The minimum Gasteiger partial charge on any atom is -0.497 e. The zero-order chi connectivity index (χ0) is 19.3. The van der Waals surface area contributed by atoms with Gasteiger partial charge in [-0.1, -0.05) is 23.7 Å². The topological polar surface area (TPSA) is 41.6 Å². The van der Waals surface area contributed by atoms with Crippen molar-refractivity contribution in [1.29, 1.82) is 0 Å². The molecule has 140 valence electrons. The highest BCUT2D eigenvalue weighted by Gasteiger charge is 2.33. The summed E-state index contributed by atoms with van der Waals surface area (Å²) >= 11 is 5.57. The standard InChI is InChI=1S/C18H18ClF3N2O2/c1-24(10-12-4-3-5-14(8-12)26-2)11-17(25)23-13-6-7-16(19)15(9-13)18(20,21)22/h3-9H,10-11H2,1-2H3,(H,23,25). The number of carbonyl (C=O) groups is 1. The molecule has 0 bridgehead atoms. The number of carbonyl (C=O) groups excluding carboxylic acids is 1. The van der Waals surface area contributed by atoms with Gasteiger partial charge in [0.25, 0.3) is 0 Å². The van der Waals surface area contributed by atoms with Gasteiger partial charge in [0.2, 0.25) is 5.91 Å². The van der Waals surface area contributed by atoms with Gasteiger partial charge < -0.3 is 10.1 Å². The first-order chi connectivity index (χ1) is 12.2. The van der Waals surface area contributed by atoms with Crippen LogP contribution >= 0.6 is 11.6 Å². The van der Waals surface area contributed by atoms with Crippen molar-refractivity contribution in [2.45, 2.75) is 12.7 Å². The molecule has 0 aliphatic rings. The molecular formula is C18H18ClF3N2O2. The van der Waals surface area contributed by atoms with E-state index in [1.807, 2.05) is 24.3 Å². The van der Waals surface area contributed by atoms with Gasteiger partial charge in [0.15, 0.2) is 0 Å². The zero-order valence-electron chi connectivity index (χ0n) is 14.2. The molecule has 0 heterocycles. The van der Waals surface area contributed by atoms with Gasteiger partial charge in [-0.25, -0.2) is 0 Å². The molecule has 26 heavy (non-hydrogen) atoms. The van der Waals surface area contributed by atoms with Gasteiger partial charge in [-0.2, -0.15) is 13.2 Å². The van der Waals surface area contributed by atoms with Crippen LogP contribution in [0.3, 0.4) is 0 Å². The van der Waals surface area contributed by atoms with Crippen molar-refractivity contribution >= 4 is 23.2 Å². The van der Waals surface area contributed by atoms with Gasteiger partial charge in [0.1, 0.15) is 5.75 Å². The van der Waals surface area contributed by atoms with Crippen molar-refractivity contribution in [1.82, 2.24) is 4.90 Å². The molecule has 0 unspecified atom stereocenters. The Balaban J connectivity index is 1.97. The second kappa shape index (κ2) is 8.42. The lowest BCUT2D eigenvalue weighted by molar-refractivity contribution is -0.137. The number of rotatable bonds is 6. The van der Waals surface area contributed by atoms with Crippen molar-refractivity contribution in [3.05, 3.63) is 58.6 Å². The predicted molar refractivity (Wildman–Crippen MR) is 94.4 cm³/mol. The number of methoxy groups -OCH3 is 1. The number of likely N-dealkylation sites (N-methyl/N-ethyl adjacent to an activating group) is 1. The van der Waals surface area contributed by atoms with E-state index >= 15 is 0 Å². The maximum atomic E-state index is 12.9. The first-order valence-electron chi connectivity index (χ1n) is 7.67. The van der Waals surface area contributed by atoms with E-state index in [4.69, 9.17) is 16.3 Å². The number of nitrogens with one attached hydrogen (secondary N) is 1. The Morgan fingerprint density at radius 2 is 1.96 bits per heavy atom. The molecule has 0 fully saturated rings. The average Bonchev–Trinajstić information content (AvgIpc) is 2.55. The summed E-state index contributed by atoms with van der Waals surface area (Å²) in [6.45, 7) is 0.500. The fraction of sp³-hybridized carbons (Fsp3) is 0.278. The Labute approximate surface area is 154 Å². The largest absolute Gasteiger partial charge is 0.497 e. The molecule has 2 aromatic rings. The second-order valence-corrected chi connectivity index (χ2v) is 6.17. The van der Waals surface area contributed by atoms with Crippen molar-refractivity contribution in [2.75, 3.05) is 26.0 Å². The summed E-state index contributed by atoms with van der Waals surface area (Å²) in [5, 5.41) is 2.05. The number of ether oxygens (including phenoxy) is 1. The fourth-order valence-corrected chi connectivity index (χ4v) is 2.63. The molecule has 0 aliphatic heterocycles. The predicted octanol–water partition coefficient (Wildman–Crippen LogP) is 4.44. The van der Waals surface area contributed by atoms with Crippen LogP contribution in [0.1, 0.15) is 11.1 Å². The highest BCUT2D eigenvalue weighted by Crippen LogP contribution is 2.36. The third-order valence-electron chi connectivity index (χ3n) is 3.56. The van der Waals surface area contributed by atoms with Crippen LogP contribution in [-0.2, 0) is 17.5 Å². The number of benzene rings is 2. The molecule has 2 aromatic carbocycles. The molecule has 0 radical (unpaired) electrons. The van der Waals surface area contributed by atoms with Crippen molar-refractivity contribution < 1.29 is 22.7 Å². The number of hydrogen-bond acceptors (Lipinski definition) is 3. The third-order valence-corrected chi connectivity index (χ3v) is 3.89. The zero-order valence-corrected chi connectivity index (χ0v) is 15.0. The first-order valence-corrected chi connectivity index (χ1v) is 8.05. The highest BCUT2D eigenvalue weighted by molar-refractivity contribution is 6.31. The number of nitrogens with zero attached hydrogens (tertiary/aromatic N) is 1. The lowest BCUT2D eigenvalue weighted by atomic mass is 10.2. The maximum Gasteiger partial charge on any atom is 0.417 e. The Kier molecular flexibility index (Phi) is 6.50. The molecule has 0 saturated carbocycles. The normalized spacial score (nSPS) is 11.5. The number of hydrogen-bond donors (Lipinski definition) is 1. The number of halogens is 4. The van der Waals surface area contributed by atoms with Crippen LogP contribution in [0.15, 0.2) is 42.5 Å². The number of amides is 1. The molecule has 0 spiro atoms. The van der Waals surface area contributed by atoms with E-state index in [-0.39, 0.29) is 12.2 Å². The third kappa shape index (κ3) is 5.64. The van der Waals surface area contributed by atoms with E-state index in [1.54, 1.807) is 19.1 Å². The monoisotopic (exact) mass is 386 g/mol. The van der Waals surface area contributed by atoms with Crippen LogP contribution in [0.5, 0.6) is 5.75 Å².